The number of hydrogen-bond donors (Lipinski definition) is 0. The van der Waals surface area contributed by atoms with Crippen molar-refractivity contribution in [2.75, 3.05) is 19.7 Å². The lowest BCUT2D eigenvalue weighted by Crippen LogP contribution is -2.29. The van der Waals surface area contributed by atoms with Crippen LogP contribution in [0.25, 0.3) is 0 Å². The number of halogens is 1. The van der Waals surface area contributed by atoms with Crippen molar-refractivity contribution in [3.63, 3.8) is 0 Å². The van der Waals surface area contributed by atoms with Gasteiger partial charge in [0, 0.05) is 13.0 Å². The molecule has 18 heavy (non-hydrogen) atoms. The molecule has 0 radical (unpaired) electrons. The zero-order valence-electron chi connectivity index (χ0n) is 9.80. The molecule has 0 aliphatic carbocycles. The van der Waals surface area contributed by atoms with Crippen molar-refractivity contribution in [1.82, 2.24) is 4.90 Å². The summed E-state index contributed by atoms with van der Waals surface area (Å²) in [6.07, 6.45) is 0.339. The molecule has 1 unspecified atom stereocenters. The van der Waals surface area contributed by atoms with Gasteiger partial charge in [-0.3, -0.25) is 4.79 Å². The third-order valence-electron chi connectivity index (χ3n) is 2.85. The Hall–Kier alpha value is -1.54. The number of hydrogen-bond acceptors (Lipinski definition) is 3. The molecule has 1 atom stereocenters. The highest BCUT2D eigenvalue weighted by Gasteiger charge is 2.28. The summed E-state index contributed by atoms with van der Waals surface area (Å²) in [6, 6.07) is 9.72. The van der Waals surface area contributed by atoms with Crippen molar-refractivity contribution in [1.29, 1.82) is 5.26 Å². The Kier molecular flexibility index (Phi) is 4.21. The highest BCUT2D eigenvalue weighted by molar-refractivity contribution is 9.10. The summed E-state index contributed by atoms with van der Waals surface area (Å²) in [4.78, 5) is 13.2. The molecule has 1 heterocycles. The van der Waals surface area contributed by atoms with E-state index in [0.717, 1.165) is 10.2 Å². The van der Waals surface area contributed by atoms with Crippen LogP contribution < -0.4 is 4.74 Å². The van der Waals surface area contributed by atoms with Crippen LogP contribution in [-0.2, 0) is 4.79 Å². The minimum absolute atomic E-state index is 0.0391. The summed E-state index contributed by atoms with van der Waals surface area (Å²) in [6.45, 7) is 1.49. The molecule has 2 rings (SSSR count). The second-order valence-corrected chi connectivity index (χ2v) is 5.00. The molecule has 5 heteroatoms. The molecule has 94 valence electrons. The average Bonchev–Trinajstić information content (AvgIpc) is 2.73. The predicted octanol–water partition coefficient (Wildman–Crippen LogP) is 2.20. The highest BCUT2D eigenvalue weighted by atomic mass is 79.9. The second kappa shape index (κ2) is 5.87. The Morgan fingerprint density at radius 2 is 2.28 bits per heavy atom. The molecule has 0 spiro atoms. The summed E-state index contributed by atoms with van der Waals surface area (Å²) >= 11 is 3.39. The number of carbonyl (C=O) groups is 1. The van der Waals surface area contributed by atoms with Crippen molar-refractivity contribution in [3.8, 4) is 11.8 Å². The Bertz CT molecular complexity index is 484. The van der Waals surface area contributed by atoms with E-state index < -0.39 is 0 Å². The Labute approximate surface area is 114 Å². The number of carbonyl (C=O) groups excluding carboxylic acids is 1. The lowest BCUT2D eigenvalue weighted by Gasteiger charge is -2.16. The maximum Gasteiger partial charge on any atom is 0.224 e. The van der Waals surface area contributed by atoms with E-state index in [4.69, 9.17) is 10.00 Å². The third kappa shape index (κ3) is 3.02. The zero-order chi connectivity index (χ0) is 13.0. The molecule has 1 amide bonds. The third-order valence-corrected chi connectivity index (χ3v) is 3.51. The summed E-state index contributed by atoms with van der Waals surface area (Å²) in [7, 11) is 0. The van der Waals surface area contributed by atoms with E-state index in [1.54, 1.807) is 4.90 Å². The van der Waals surface area contributed by atoms with Gasteiger partial charge < -0.3 is 9.64 Å². The van der Waals surface area contributed by atoms with Crippen LogP contribution in [0.2, 0.25) is 0 Å². The van der Waals surface area contributed by atoms with Crippen molar-refractivity contribution in [2.24, 2.45) is 5.92 Å². The van der Waals surface area contributed by atoms with Gasteiger partial charge >= 0.3 is 0 Å². The first-order chi connectivity index (χ1) is 8.70. The van der Waals surface area contributed by atoms with Gasteiger partial charge in [-0.1, -0.05) is 12.1 Å². The number of amides is 1. The molecule has 1 fully saturated rings. The van der Waals surface area contributed by atoms with E-state index >= 15 is 0 Å². The Balaban J connectivity index is 1.82. The molecule has 1 aromatic rings. The minimum Gasteiger partial charge on any atom is -0.491 e. The molecule has 1 saturated heterocycles. The van der Waals surface area contributed by atoms with Gasteiger partial charge in [0.2, 0.25) is 5.91 Å². The number of ether oxygens (including phenoxy) is 1. The number of nitriles is 1. The van der Waals surface area contributed by atoms with E-state index in [1.165, 1.54) is 0 Å². The van der Waals surface area contributed by atoms with E-state index in [-0.39, 0.29) is 11.8 Å². The molecule has 1 aromatic carbocycles. The summed E-state index contributed by atoms with van der Waals surface area (Å²) in [5.41, 5.74) is 0. The van der Waals surface area contributed by atoms with E-state index in [1.807, 2.05) is 24.3 Å². The molecule has 1 aliphatic rings. The lowest BCUT2D eigenvalue weighted by atomic mass is 10.1. The SMILES string of the molecule is N#CC1CC(=O)N(CCOc2ccccc2Br)C1. The first kappa shape index (κ1) is 12.9. The van der Waals surface area contributed by atoms with Crippen LogP contribution in [0.1, 0.15) is 6.42 Å². The van der Waals surface area contributed by atoms with E-state index in [0.29, 0.717) is 26.1 Å². The smallest absolute Gasteiger partial charge is 0.224 e. The van der Waals surface area contributed by atoms with Crippen molar-refractivity contribution < 1.29 is 9.53 Å². The molecule has 0 aromatic heterocycles. The van der Waals surface area contributed by atoms with Crippen LogP contribution in [0.3, 0.4) is 0 Å². The van der Waals surface area contributed by atoms with Gasteiger partial charge in [0.25, 0.3) is 0 Å². The number of para-hydroxylation sites is 1. The summed E-state index contributed by atoms with van der Waals surface area (Å²) < 4.78 is 6.49. The second-order valence-electron chi connectivity index (χ2n) is 4.15. The van der Waals surface area contributed by atoms with E-state index in [2.05, 4.69) is 22.0 Å². The maximum absolute atomic E-state index is 11.6. The number of nitrogens with zero attached hydrogens (tertiary/aromatic N) is 2. The molecule has 0 saturated carbocycles. The molecular formula is C13H13BrN2O2. The lowest BCUT2D eigenvalue weighted by molar-refractivity contribution is -0.128. The fraction of sp³-hybridized carbons (Fsp3) is 0.385. The van der Waals surface area contributed by atoms with Crippen LogP contribution in [0.4, 0.5) is 0 Å². The monoisotopic (exact) mass is 308 g/mol. The first-order valence-corrected chi connectivity index (χ1v) is 6.54. The number of rotatable bonds is 4. The van der Waals surface area contributed by atoms with Crippen molar-refractivity contribution in [3.05, 3.63) is 28.7 Å². The normalized spacial score (nSPS) is 18.8. The van der Waals surface area contributed by atoms with Crippen LogP contribution in [0.15, 0.2) is 28.7 Å². The summed E-state index contributed by atoms with van der Waals surface area (Å²) in [5, 5.41) is 8.78. The molecule has 4 nitrogen and oxygen atoms in total. The van der Waals surface area contributed by atoms with Crippen molar-refractivity contribution in [2.45, 2.75) is 6.42 Å². The number of benzene rings is 1. The van der Waals surface area contributed by atoms with Gasteiger partial charge in [-0.25, -0.2) is 0 Å². The molecular weight excluding hydrogens is 296 g/mol. The maximum atomic E-state index is 11.6. The van der Waals surface area contributed by atoms with Gasteiger partial charge in [0.05, 0.1) is 23.0 Å². The topological polar surface area (TPSA) is 53.3 Å². The summed E-state index contributed by atoms with van der Waals surface area (Å²) in [5.74, 6) is 0.638. The van der Waals surface area contributed by atoms with Gasteiger partial charge in [-0.15, -0.1) is 0 Å². The quantitative estimate of drug-likeness (QED) is 0.857. The number of likely N-dealkylation sites (tertiary alicyclic amines) is 1. The van der Waals surface area contributed by atoms with Crippen LogP contribution in [0.5, 0.6) is 5.75 Å². The molecule has 0 bridgehead atoms. The predicted molar refractivity (Wildman–Crippen MR) is 69.9 cm³/mol. The highest BCUT2D eigenvalue weighted by Crippen LogP contribution is 2.24. The molecule has 1 aliphatic heterocycles. The standard InChI is InChI=1S/C13H13BrN2O2/c14-11-3-1-2-4-12(11)18-6-5-16-9-10(8-15)7-13(16)17/h1-4,10H,5-7,9H2. The van der Waals surface area contributed by atoms with Gasteiger partial charge in [-0.2, -0.15) is 5.26 Å². The molecule has 0 N–H and O–H groups in total. The van der Waals surface area contributed by atoms with Crippen LogP contribution in [-0.4, -0.2) is 30.5 Å². The van der Waals surface area contributed by atoms with Crippen molar-refractivity contribution >= 4 is 21.8 Å². The van der Waals surface area contributed by atoms with Gasteiger partial charge in [-0.05, 0) is 28.1 Å². The Morgan fingerprint density at radius 3 is 2.94 bits per heavy atom. The average molecular weight is 309 g/mol. The van der Waals surface area contributed by atoms with E-state index in [9.17, 15) is 4.79 Å². The first-order valence-electron chi connectivity index (χ1n) is 5.75. The van der Waals surface area contributed by atoms with Crippen LogP contribution >= 0.6 is 15.9 Å². The van der Waals surface area contributed by atoms with Crippen LogP contribution in [0, 0.1) is 17.2 Å². The Morgan fingerprint density at radius 1 is 1.50 bits per heavy atom. The fourth-order valence-corrected chi connectivity index (χ4v) is 2.30. The zero-order valence-corrected chi connectivity index (χ0v) is 11.4. The van der Waals surface area contributed by atoms with Gasteiger partial charge in [0.15, 0.2) is 0 Å². The largest absolute Gasteiger partial charge is 0.491 e. The van der Waals surface area contributed by atoms with Gasteiger partial charge in [0.1, 0.15) is 12.4 Å². The fourth-order valence-electron chi connectivity index (χ4n) is 1.90. The minimum atomic E-state index is -0.166.